The van der Waals surface area contributed by atoms with E-state index in [0.29, 0.717) is 6.42 Å². The molecule has 1 unspecified atom stereocenters. The summed E-state index contributed by atoms with van der Waals surface area (Å²) in [5.41, 5.74) is -0.338. The molecule has 1 aliphatic rings. The summed E-state index contributed by atoms with van der Waals surface area (Å²) >= 11 is 0. The Kier molecular flexibility index (Phi) is 2.12. The lowest BCUT2D eigenvalue weighted by Gasteiger charge is -2.29. The van der Waals surface area contributed by atoms with Crippen molar-refractivity contribution in [2.24, 2.45) is 5.41 Å². The first-order valence-electron chi connectivity index (χ1n) is 4.18. The third-order valence-corrected chi connectivity index (χ3v) is 2.71. The first kappa shape index (κ1) is 8.44. The van der Waals surface area contributed by atoms with Gasteiger partial charge in [-0.15, -0.1) is 0 Å². The lowest BCUT2D eigenvalue weighted by atomic mass is 9.72. The van der Waals surface area contributed by atoms with Gasteiger partial charge in [0.2, 0.25) is 5.78 Å². The molecule has 0 radical (unpaired) electrons. The van der Waals surface area contributed by atoms with E-state index >= 15 is 0 Å². The smallest absolute Gasteiger partial charge is 0.204 e. The van der Waals surface area contributed by atoms with Crippen molar-refractivity contribution in [3.05, 3.63) is 0 Å². The van der Waals surface area contributed by atoms with E-state index in [1.165, 1.54) is 0 Å². The third kappa shape index (κ3) is 1.35. The summed E-state index contributed by atoms with van der Waals surface area (Å²) in [6.07, 6.45) is 3.02. The third-order valence-electron chi connectivity index (χ3n) is 2.71. The average Bonchev–Trinajstić information content (AvgIpc) is 2.00. The van der Waals surface area contributed by atoms with Crippen LogP contribution in [0.3, 0.4) is 0 Å². The van der Waals surface area contributed by atoms with Crippen LogP contribution < -0.4 is 0 Å². The number of ketones is 2. The van der Waals surface area contributed by atoms with Crippen LogP contribution in [0.4, 0.5) is 0 Å². The summed E-state index contributed by atoms with van der Waals surface area (Å²) in [5, 5.41) is 0. The Hall–Kier alpha value is -0.660. The molecular formula is C9H14O2. The Labute approximate surface area is 67.0 Å². The van der Waals surface area contributed by atoms with Gasteiger partial charge in [0.1, 0.15) is 0 Å². The Morgan fingerprint density at radius 1 is 1.45 bits per heavy atom. The minimum atomic E-state index is -0.338. The zero-order valence-corrected chi connectivity index (χ0v) is 7.14. The molecule has 0 bridgehead atoms. The second-order valence-corrected chi connectivity index (χ2v) is 3.52. The number of hydrogen-bond acceptors (Lipinski definition) is 2. The highest BCUT2D eigenvalue weighted by Gasteiger charge is 2.38. The molecule has 0 aliphatic heterocycles. The van der Waals surface area contributed by atoms with Gasteiger partial charge < -0.3 is 0 Å². The van der Waals surface area contributed by atoms with E-state index in [0.717, 1.165) is 19.3 Å². The van der Waals surface area contributed by atoms with Crippen LogP contribution >= 0.6 is 0 Å². The molecule has 0 aromatic heterocycles. The van der Waals surface area contributed by atoms with Crippen molar-refractivity contribution in [3.63, 3.8) is 0 Å². The van der Waals surface area contributed by atoms with Gasteiger partial charge in [-0.25, -0.2) is 0 Å². The molecule has 11 heavy (non-hydrogen) atoms. The lowest BCUT2D eigenvalue weighted by molar-refractivity contribution is -0.145. The van der Waals surface area contributed by atoms with E-state index < -0.39 is 0 Å². The molecule has 2 heteroatoms. The van der Waals surface area contributed by atoms with Gasteiger partial charge in [-0.1, -0.05) is 13.8 Å². The van der Waals surface area contributed by atoms with Gasteiger partial charge >= 0.3 is 0 Å². The summed E-state index contributed by atoms with van der Waals surface area (Å²) in [5.74, 6) is -0.313. The minimum Gasteiger partial charge on any atom is -0.291 e. The van der Waals surface area contributed by atoms with Gasteiger partial charge in [-0.05, 0) is 19.3 Å². The molecule has 1 fully saturated rings. The van der Waals surface area contributed by atoms with E-state index in [4.69, 9.17) is 0 Å². The lowest BCUT2D eigenvalue weighted by Crippen LogP contribution is -2.37. The fraction of sp³-hybridized carbons (Fsp3) is 0.778. The van der Waals surface area contributed by atoms with Gasteiger partial charge in [-0.3, -0.25) is 9.59 Å². The van der Waals surface area contributed by atoms with Crippen molar-refractivity contribution < 1.29 is 9.59 Å². The fourth-order valence-electron chi connectivity index (χ4n) is 1.54. The summed E-state index contributed by atoms with van der Waals surface area (Å²) in [6, 6.07) is 0. The fourth-order valence-corrected chi connectivity index (χ4v) is 1.54. The van der Waals surface area contributed by atoms with Crippen LogP contribution in [0.15, 0.2) is 0 Å². The van der Waals surface area contributed by atoms with E-state index in [1.54, 1.807) is 0 Å². The first-order chi connectivity index (χ1) is 5.10. The van der Waals surface area contributed by atoms with Crippen LogP contribution in [0.25, 0.3) is 0 Å². The molecule has 0 N–H and O–H groups in total. The van der Waals surface area contributed by atoms with Crippen molar-refractivity contribution in [1.29, 1.82) is 0 Å². The zero-order valence-electron chi connectivity index (χ0n) is 7.14. The summed E-state index contributed by atoms with van der Waals surface area (Å²) in [7, 11) is 0. The number of carbonyl (C=O) groups is 2. The average molecular weight is 154 g/mol. The molecule has 0 amide bonds. The Balaban J connectivity index is 2.81. The molecule has 0 aromatic carbocycles. The predicted octanol–water partition coefficient (Wildman–Crippen LogP) is 1.72. The van der Waals surface area contributed by atoms with Crippen molar-refractivity contribution >= 4 is 11.6 Å². The molecule has 1 rings (SSSR count). The highest BCUT2D eigenvalue weighted by molar-refractivity contribution is 6.39. The normalized spacial score (nSPS) is 32.5. The van der Waals surface area contributed by atoms with Gasteiger partial charge in [0.05, 0.1) is 0 Å². The molecule has 2 nitrogen and oxygen atoms in total. The number of rotatable bonds is 1. The van der Waals surface area contributed by atoms with Crippen molar-refractivity contribution in [3.8, 4) is 0 Å². The summed E-state index contributed by atoms with van der Waals surface area (Å²) in [4.78, 5) is 22.3. The van der Waals surface area contributed by atoms with Crippen molar-refractivity contribution in [2.75, 3.05) is 0 Å². The largest absolute Gasteiger partial charge is 0.291 e. The van der Waals surface area contributed by atoms with Crippen LogP contribution in [0.2, 0.25) is 0 Å². The van der Waals surface area contributed by atoms with E-state index in [2.05, 4.69) is 0 Å². The Bertz CT molecular complexity index is 196. The Morgan fingerprint density at radius 3 is 2.55 bits per heavy atom. The van der Waals surface area contributed by atoms with Crippen LogP contribution in [-0.4, -0.2) is 11.6 Å². The molecule has 0 spiro atoms. The maximum absolute atomic E-state index is 11.3. The van der Waals surface area contributed by atoms with Crippen LogP contribution in [0.1, 0.15) is 39.5 Å². The van der Waals surface area contributed by atoms with Crippen LogP contribution in [-0.2, 0) is 9.59 Å². The molecule has 62 valence electrons. The highest BCUT2D eigenvalue weighted by atomic mass is 16.2. The number of Topliss-reactive ketones (excluding diaryl/α,β-unsaturated/α-hetero) is 2. The maximum Gasteiger partial charge on any atom is 0.204 e. The molecule has 0 heterocycles. The second-order valence-electron chi connectivity index (χ2n) is 3.52. The monoisotopic (exact) mass is 154 g/mol. The zero-order chi connectivity index (χ0) is 8.48. The SMILES string of the molecule is CCC1(C)CCCC(=O)C1=O. The van der Waals surface area contributed by atoms with E-state index in [9.17, 15) is 9.59 Å². The van der Waals surface area contributed by atoms with Gasteiger partial charge in [0.15, 0.2) is 5.78 Å². The van der Waals surface area contributed by atoms with Crippen LogP contribution in [0.5, 0.6) is 0 Å². The molecule has 0 aromatic rings. The van der Waals surface area contributed by atoms with Crippen molar-refractivity contribution in [2.45, 2.75) is 39.5 Å². The minimum absolute atomic E-state index is 0.147. The molecule has 1 aliphatic carbocycles. The quantitative estimate of drug-likeness (QED) is 0.539. The highest BCUT2D eigenvalue weighted by Crippen LogP contribution is 2.33. The molecular weight excluding hydrogens is 140 g/mol. The summed E-state index contributed by atoms with van der Waals surface area (Å²) < 4.78 is 0. The summed E-state index contributed by atoms with van der Waals surface area (Å²) in [6.45, 7) is 3.86. The molecule has 1 saturated carbocycles. The standard InChI is InChI=1S/C9H14O2/c1-3-9(2)6-4-5-7(10)8(9)11/h3-6H2,1-2H3. The topological polar surface area (TPSA) is 34.1 Å². The van der Waals surface area contributed by atoms with Gasteiger partial charge in [-0.2, -0.15) is 0 Å². The molecule has 0 saturated heterocycles. The number of carbonyl (C=O) groups excluding carboxylic acids is 2. The van der Waals surface area contributed by atoms with E-state index in [-0.39, 0.29) is 17.0 Å². The van der Waals surface area contributed by atoms with Crippen molar-refractivity contribution in [1.82, 2.24) is 0 Å². The van der Waals surface area contributed by atoms with Gasteiger partial charge in [0.25, 0.3) is 0 Å². The second kappa shape index (κ2) is 2.76. The first-order valence-corrected chi connectivity index (χ1v) is 4.18. The number of hydrogen-bond donors (Lipinski definition) is 0. The van der Waals surface area contributed by atoms with Crippen LogP contribution in [0, 0.1) is 5.41 Å². The van der Waals surface area contributed by atoms with Gasteiger partial charge in [0, 0.05) is 11.8 Å². The Morgan fingerprint density at radius 2 is 2.09 bits per heavy atom. The maximum atomic E-state index is 11.3. The predicted molar refractivity (Wildman–Crippen MR) is 42.3 cm³/mol. The molecule has 1 atom stereocenters. The van der Waals surface area contributed by atoms with E-state index in [1.807, 2.05) is 13.8 Å².